The zero-order valence-corrected chi connectivity index (χ0v) is 14.9. The first-order chi connectivity index (χ1) is 12.4. The van der Waals surface area contributed by atoms with E-state index in [4.69, 9.17) is 14.7 Å². The minimum Gasteiger partial charge on any atom is -0.489 e. The number of carbonyl (C=O) groups excluding carboxylic acids is 1. The Kier molecular flexibility index (Phi) is 6.41. The molecular weight excluding hydrogens is 338 g/mol. The lowest BCUT2D eigenvalue weighted by molar-refractivity contribution is -0.150. The molecule has 8 nitrogen and oxygen atoms in total. The maximum atomic E-state index is 12.5. The second kappa shape index (κ2) is 8.54. The lowest BCUT2D eigenvalue weighted by atomic mass is 9.80. The van der Waals surface area contributed by atoms with E-state index >= 15 is 0 Å². The number of likely N-dealkylation sites (tertiary alicyclic amines) is 1. The molecule has 140 valence electrons. The van der Waals surface area contributed by atoms with Crippen LogP contribution >= 0.6 is 0 Å². The van der Waals surface area contributed by atoms with Gasteiger partial charge in [0.05, 0.1) is 29.3 Å². The van der Waals surface area contributed by atoms with Gasteiger partial charge < -0.3 is 24.8 Å². The highest BCUT2D eigenvalue weighted by Crippen LogP contribution is 2.32. The van der Waals surface area contributed by atoms with Gasteiger partial charge >= 0.3 is 12.0 Å². The fourth-order valence-corrected chi connectivity index (χ4v) is 2.67. The Bertz CT molecular complexity index is 705. The summed E-state index contributed by atoms with van der Waals surface area (Å²) in [7, 11) is 1.56. The molecule has 1 heterocycles. The number of carboxylic acids is 1. The van der Waals surface area contributed by atoms with E-state index in [0.29, 0.717) is 56.1 Å². The summed E-state index contributed by atoms with van der Waals surface area (Å²) in [6, 6.07) is 6.47. The van der Waals surface area contributed by atoms with E-state index < -0.39 is 11.4 Å². The third-order valence-electron chi connectivity index (χ3n) is 4.57. The van der Waals surface area contributed by atoms with Crippen LogP contribution in [0.25, 0.3) is 0 Å². The largest absolute Gasteiger partial charge is 0.489 e. The predicted molar refractivity (Wildman–Crippen MR) is 94.1 cm³/mol. The van der Waals surface area contributed by atoms with E-state index in [-0.39, 0.29) is 6.03 Å². The molecule has 1 saturated heterocycles. The van der Waals surface area contributed by atoms with Crippen molar-refractivity contribution in [3.8, 4) is 11.8 Å². The van der Waals surface area contributed by atoms with Gasteiger partial charge in [-0.05, 0) is 38.0 Å². The topological polar surface area (TPSA) is 112 Å². The van der Waals surface area contributed by atoms with Crippen LogP contribution in [0.5, 0.6) is 5.75 Å². The molecule has 1 aromatic carbocycles. The normalized spacial score (nSPS) is 15.8. The van der Waals surface area contributed by atoms with E-state index in [0.717, 1.165) is 0 Å². The Balaban J connectivity index is 2.06. The Labute approximate surface area is 152 Å². The van der Waals surface area contributed by atoms with E-state index in [9.17, 15) is 14.7 Å². The Morgan fingerprint density at radius 3 is 2.62 bits per heavy atom. The summed E-state index contributed by atoms with van der Waals surface area (Å²) in [5.74, 6) is -0.394. The van der Waals surface area contributed by atoms with Crippen LogP contribution in [0, 0.1) is 16.7 Å². The molecule has 0 bridgehead atoms. The van der Waals surface area contributed by atoms with Crippen LogP contribution in [0.15, 0.2) is 18.2 Å². The third kappa shape index (κ3) is 4.64. The number of carbonyl (C=O) groups is 2. The molecule has 2 N–H and O–H groups in total. The average Bonchev–Trinajstić information content (AvgIpc) is 2.63. The molecule has 0 spiro atoms. The van der Waals surface area contributed by atoms with Crippen molar-refractivity contribution in [3.05, 3.63) is 23.8 Å². The van der Waals surface area contributed by atoms with Crippen LogP contribution in [-0.4, -0.2) is 55.4 Å². The quantitative estimate of drug-likeness (QED) is 0.752. The molecule has 8 heteroatoms. The summed E-state index contributed by atoms with van der Waals surface area (Å²) in [5, 5.41) is 21.1. The van der Waals surface area contributed by atoms with E-state index in [1.54, 1.807) is 37.1 Å². The molecule has 2 amide bonds. The van der Waals surface area contributed by atoms with Crippen LogP contribution in [0.4, 0.5) is 10.5 Å². The molecule has 1 fully saturated rings. The molecule has 1 aliphatic rings. The molecule has 0 atom stereocenters. The minimum atomic E-state index is -0.840. The number of benzene rings is 1. The maximum absolute atomic E-state index is 12.5. The van der Waals surface area contributed by atoms with Crippen molar-refractivity contribution in [1.82, 2.24) is 4.90 Å². The molecule has 0 unspecified atom stereocenters. The van der Waals surface area contributed by atoms with Crippen LogP contribution in [-0.2, 0) is 9.53 Å². The lowest BCUT2D eigenvalue weighted by Crippen LogP contribution is -2.46. The van der Waals surface area contributed by atoms with Gasteiger partial charge in [0.2, 0.25) is 0 Å². The summed E-state index contributed by atoms with van der Waals surface area (Å²) in [4.78, 5) is 25.4. The Hall–Kier alpha value is -2.79. The number of methoxy groups -OCH3 is 1. The number of carboxylic acid groups (broad SMARTS) is 1. The highest BCUT2D eigenvalue weighted by molar-refractivity contribution is 5.91. The van der Waals surface area contributed by atoms with Gasteiger partial charge in [0, 0.05) is 20.2 Å². The van der Waals surface area contributed by atoms with Crippen molar-refractivity contribution in [2.45, 2.75) is 19.8 Å². The van der Waals surface area contributed by atoms with Gasteiger partial charge in [0.1, 0.15) is 12.4 Å². The molecular formula is C18H23N3O5. The third-order valence-corrected chi connectivity index (χ3v) is 4.57. The molecule has 0 saturated carbocycles. The minimum absolute atomic E-state index is 0.311. The zero-order chi connectivity index (χ0) is 19.2. The molecule has 0 aromatic heterocycles. The second-order valence-electron chi connectivity index (χ2n) is 6.45. The summed E-state index contributed by atoms with van der Waals surface area (Å²) >= 11 is 0. The van der Waals surface area contributed by atoms with Gasteiger partial charge in [0.25, 0.3) is 0 Å². The van der Waals surface area contributed by atoms with Crippen LogP contribution in [0.2, 0.25) is 0 Å². The number of amides is 2. The summed E-state index contributed by atoms with van der Waals surface area (Å²) in [6.45, 7) is 3.11. The lowest BCUT2D eigenvalue weighted by Gasteiger charge is -2.36. The first-order valence-electron chi connectivity index (χ1n) is 8.35. The number of hydrogen-bond acceptors (Lipinski definition) is 5. The predicted octanol–water partition coefficient (Wildman–Crippen LogP) is 2.30. The molecule has 26 heavy (non-hydrogen) atoms. The number of piperidine rings is 1. The number of nitrogens with one attached hydrogen (secondary N) is 1. The number of nitrogens with zero attached hydrogens (tertiary/aromatic N) is 2. The number of urea groups is 1. The summed E-state index contributed by atoms with van der Waals surface area (Å²) in [6.07, 6.45) is 0.788. The monoisotopic (exact) mass is 361 g/mol. The van der Waals surface area contributed by atoms with Gasteiger partial charge in [-0.3, -0.25) is 4.79 Å². The SMILES string of the molecule is COCCOc1ccc(C#N)cc1NC(=O)N1CCC(C)(C(=O)O)CC1. The van der Waals surface area contributed by atoms with Crippen molar-refractivity contribution in [3.63, 3.8) is 0 Å². The number of aliphatic carboxylic acids is 1. The van der Waals surface area contributed by atoms with E-state index in [1.807, 2.05) is 6.07 Å². The average molecular weight is 361 g/mol. The van der Waals surface area contributed by atoms with Crippen LogP contribution in [0.1, 0.15) is 25.3 Å². The van der Waals surface area contributed by atoms with Crippen molar-refractivity contribution in [2.75, 3.05) is 38.7 Å². The second-order valence-corrected chi connectivity index (χ2v) is 6.45. The highest BCUT2D eigenvalue weighted by atomic mass is 16.5. The van der Waals surface area contributed by atoms with Gasteiger partial charge in [-0.25, -0.2) is 4.79 Å². The number of hydrogen-bond donors (Lipinski definition) is 2. The Morgan fingerprint density at radius 1 is 1.35 bits per heavy atom. The fraction of sp³-hybridized carbons (Fsp3) is 0.500. The van der Waals surface area contributed by atoms with Gasteiger partial charge in [-0.1, -0.05) is 0 Å². The van der Waals surface area contributed by atoms with Crippen LogP contribution in [0.3, 0.4) is 0 Å². The molecule has 0 radical (unpaired) electrons. The maximum Gasteiger partial charge on any atom is 0.321 e. The number of rotatable bonds is 6. The number of nitriles is 1. The standard InChI is InChI=1S/C18H23N3O5/c1-18(16(22)23)5-7-21(8-6-18)17(24)20-14-11-13(12-19)3-4-15(14)26-10-9-25-2/h3-4,11H,5-10H2,1-2H3,(H,20,24)(H,22,23). The van der Waals surface area contributed by atoms with Gasteiger partial charge in [0.15, 0.2) is 0 Å². The summed E-state index contributed by atoms with van der Waals surface area (Å²) < 4.78 is 10.5. The van der Waals surface area contributed by atoms with E-state index in [1.165, 1.54) is 0 Å². The van der Waals surface area contributed by atoms with Crippen molar-refractivity contribution < 1.29 is 24.2 Å². The van der Waals surface area contributed by atoms with Gasteiger partial charge in [-0.15, -0.1) is 0 Å². The first kappa shape index (κ1) is 19.5. The fourth-order valence-electron chi connectivity index (χ4n) is 2.67. The van der Waals surface area contributed by atoms with Crippen molar-refractivity contribution in [2.24, 2.45) is 5.41 Å². The van der Waals surface area contributed by atoms with E-state index in [2.05, 4.69) is 5.32 Å². The van der Waals surface area contributed by atoms with Gasteiger partial charge in [-0.2, -0.15) is 5.26 Å². The smallest absolute Gasteiger partial charge is 0.321 e. The molecule has 0 aliphatic carbocycles. The molecule has 1 aromatic rings. The molecule has 2 rings (SSSR count). The van der Waals surface area contributed by atoms with Crippen LogP contribution < -0.4 is 10.1 Å². The zero-order valence-electron chi connectivity index (χ0n) is 14.9. The number of ether oxygens (including phenoxy) is 2. The number of anilines is 1. The highest BCUT2D eigenvalue weighted by Gasteiger charge is 2.38. The Morgan fingerprint density at radius 2 is 2.04 bits per heavy atom. The van der Waals surface area contributed by atoms with Crippen molar-refractivity contribution in [1.29, 1.82) is 5.26 Å². The first-order valence-corrected chi connectivity index (χ1v) is 8.35. The van der Waals surface area contributed by atoms with Crippen molar-refractivity contribution >= 4 is 17.7 Å². The molecule has 1 aliphatic heterocycles. The summed E-state index contributed by atoms with van der Waals surface area (Å²) in [5.41, 5.74) is -0.000404.